The minimum Gasteiger partial charge on any atom is -0.369 e. The molecular weight excluding hydrogens is 568 g/mol. The SMILES string of the molecule is C[C@H](C(N)=O)c1ccc(-c2ccc([C@H](N[C@@H](CC(C)(C)F)C(=O)NC3(C#N)CC3)C(F)(F)F)cc2Br)cc1. The first-order chi connectivity index (χ1) is 17.5. The molecule has 4 N–H and O–H groups in total. The lowest BCUT2D eigenvalue weighted by molar-refractivity contribution is -0.161. The Balaban J connectivity index is 1.90. The summed E-state index contributed by atoms with van der Waals surface area (Å²) in [6.07, 6.45) is -4.55. The van der Waals surface area contributed by atoms with Gasteiger partial charge in [0, 0.05) is 10.9 Å². The normalized spacial score (nSPS) is 17.1. The zero-order valence-corrected chi connectivity index (χ0v) is 22.7. The number of nitriles is 1. The average Bonchev–Trinajstić information content (AvgIpc) is 3.59. The van der Waals surface area contributed by atoms with Crippen LogP contribution in [0.1, 0.15) is 63.1 Å². The largest absolute Gasteiger partial charge is 0.407 e. The van der Waals surface area contributed by atoms with Crippen molar-refractivity contribution in [2.45, 2.75) is 75.4 Å². The number of carbonyl (C=O) groups is 2. The fraction of sp³-hybridized carbons (Fsp3) is 0.444. The number of alkyl halides is 4. The van der Waals surface area contributed by atoms with E-state index in [-0.39, 0.29) is 5.56 Å². The van der Waals surface area contributed by atoms with Crippen molar-refractivity contribution in [3.63, 3.8) is 0 Å². The predicted molar refractivity (Wildman–Crippen MR) is 138 cm³/mol. The number of nitrogens with two attached hydrogens (primary N) is 1. The molecule has 0 spiro atoms. The molecule has 1 fully saturated rings. The van der Waals surface area contributed by atoms with Gasteiger partial charge in [-0.05, 0) is 61.9 Å². The van der Waals surface area contributed by atoms with Gasteiger partial charge in [0.1, 0.15) is 17.2 Å². The highest BCUT2D eigenvalue weighted by molar-refractivity contribution is 9.10. The van der Waals surface area contributed by atoms with E-state index >= 15 is 0 Å². The van der Waals surface area contributed by atoms with E-state index < -0.39 is 53.6 Å². The Labute approximate surface area is 227 Å². The summed E-state index contributed by atoms with van der Waals surface area (Å²) in [6, 6.07) is 9.16. The van der Waals surface area contributed by atoms with E-state index in [1.54, 1.807) is 31.2 Å². The van der Waals surface area contributed by atoms with E-state index in [0.29, 0.717) is 34.0 Å². The van der Waals surface area contributed by atoms with Crippen LogP contribution in [0, 0.1) is 11.3 Å². The Morgan fingerprint density at radius 3 is 2.13 bits per heavy atom. The van der Waals surface area contributed by atoms with E-state index in [1.807, 2.05) is 6.07 Å². The average molecular weight is 597 g/mol. The van der Waals surface area contributed by atoms with Gasteiger partial charge in [0.15, 0.2) is 0 Å². The fourth-order valence-electron chi connectivity index (χ4n) is 4.07. The monoisotopic (exact) mass is 596 g/mol. The Hall–Kier alpha value is -2.97. The van der Waals surface area contributed by atoms with Crippen molar-refractivity contribution in [2.75, 3.05) is 0 Å². The van der Waals surface area contributed by atoms with Gasteiger partial charge in [-0.1, -0.05) is 52.3 Å². The van der Waals surface area contributed by atoms with Crippen molar-refractivity contribution in [3.8, 4) is 17.2 Å². The summed E-state index contributed by atoms with van der Waals surface area (Å²) in [4.78, 5) is 24.3. The smallest absolute Gasteiger partial charge is 0.369 e. The predicted octanol–water partition coefficient (Wildman–Crippen LogP) is 5.58. The van der Waals surface area contributed by atoms with Gasteiger partial charge < -0.3 is 11.1 Å². The summed E-state index contributed by atoms with van der Waals surface area (Å²) >= 11 is 3.35. The van der Waals surface area contributed by atoms with Gasteiger partial charge >= 0.3 is 6.18 Å². The molecule has 0 saturated heterocycles. The maximum absolute atomic E-state index is 14.5. The molecule has 0 bridgehead atoms. The van der Waals surface area contributed by atoms with Crippen LogP contribution in [-0.4, -0.2) is 35.2 Å². The number of carbonyl (C=O) groups excluding carboxylic acids is 2. The van der Waals surface area contributed by atoms with Crippen LogP contribution in [0.5, 0.6) is 0 Å². The van der Waals surface area contributed by atoms with E-state index in [0.717, 1.165) is 0 Å². The third-order valence-electron chi connectivity index (χ3n) is 6.50. The first-order valence-electron chi connectivity index (χ1n) is 12.0. The molecular formula is C27H29BrF4N4O2. The lowest BCUT2D eigenvalue weighted by atomic mass is 9.95. The molecule has 11 heteroatoms. The summed E-state index contributed by atoms with van der Waals surface area (Å²) < 4.78 is 57.6. The van der Waals surface area contributed by atoms with Crippen LogP contribution in [0.25, 0.3) is 11.1 Å². The third kappa shape index (κ3) is 7.32. The van der Waals surface area contributed by atoms with Gasteiger partial charge in [-0.3, -0.25) is 14.9 Å². The van der Waals surface area contributed by atoms with Crippen LogP contribution in [0.2, 0.25) is 0 Å². The van der Waals surface area contributed by atoms with Crippen molar-refractivity contribution < 1.29 is 27.2 Å². The highest BCUT2D eigenvalue weighted by atomic mass is 79.9. The maximum atomic E-state index is 14.5. The molecule has 2 aromatic rings. The third-order valence-corrected chi connectivity index (χ3v) is 7.16. The molecule has 3 rings (SSSR count). The molecule has 0 unspecified atom stereocenters. The van der Waals surface area contributed by atoms with E-state index in [1.165, 1.54) is 32.0 Å². The summed E-state index contributed by atoms with van der Waals surface area (Å²) in [5.74, 6) is -1.82. The molecule has 0 aromatic heterocycles. The number of nitrogens with zero attached hydrogens (tertiary/aromatic N) is 1. The number of benzene rings is 2. The van der Waals surface area contributed by atoms with Crippen LogP contribution >= 0.6 is 15.9 Å². The number of primary amides is 1. The quantitative estimate of drug-likeness (QED) is 0.311. The Kier molecular flexibility index (Phi) is 8.58. The number of nitrogens with one attached hydrogen (secondary N) is 2. The van der Waals surface area contributed by atoms with Crippen molar-refractivity contribution in [2.24, 2.45) is 5.73 Å². The van der Waals surface area contributed by atoms with Gasteiger partial charge in [-0.25, -0.2) is 4.39 Å². The molecule has 2 aromatic carbocycles. The van der Waals surface area contributed by atoms with Crippen molar-refractivity contribution in [3.05, 3.63) is 58.1 Å². The van der Waals surface area contributed by atoms with Gasteiger partial charge in [0.2, 0.25) is 11.8 Å². The van der Waals surface area contributed by atoms with Crippen molar-refractivity contribution in [1.29, 1.82) is 5.26 Å². The number of amides is 2. The first kappa shape index (κ1) is 29.6. The highest BCUT2D eigenvalue weighted by Gasteiger charge is 2.48. The lowest BCUT2D eigenvalue weighted by Gasteiger charge is -2.30. The number of rotatable bonds is 10. The van der Waals surface area contributed by atoms with E-state index in [4.69, 9.17) is 5.73 Å². The molecule has 1 saturated carbocycles. The zero-order chi connectivity index (χ0) is 28.5. The van der Waals surface area contributed by atoms with Crippen molar-refractivity contribution >= 4 is 27.7 Å². The summed E-state index contributed by atoms with van der Waals surface area (Å²) in [5, 5.41) is 14.0. The Morgan fingerprint density at radius 1 is 1.11 bits per heavy atom. The molecule has 3 atom stereocenters. The van der Waals surface area contributed by atoms with Gasteiger partial charge in [-0.2, -0.15) is 18.4 Å². The van der Waals surface area contributed by atoms with Gasteiger partial charge in [0.25, 0.3) is 0 Å². The Morgan fingerprint density at radius 2 is 1.68 bits per heavy atom. The first-order valence-corrected chi connectivity index (χ1v) is 12.8. The second-order valence-corrected chi connectivity index (χ2v) is 11.1. The Bertz CT molecular complexity index is 1230. The number of halogens is 5. The van der Waals surface area contributed by atoms with Crippen LogP contribution in [0.15, 0.2) is 46.9 Å². The summed E-state index contributed by atoms with van der Waals surface area (Å²) in [6.45, 7) is 4.03. The van der Waals surface area contributed by atoms with Crippen LogP contribution in [0.4, 0.5) is 17.6 Å². The second kappa shape index (κ2) is 11.0. The summed E-state index contributed by atoms with van der Waals surface area (Å²) in [5.41, 5.74) is 4.12. The number of hydrogen-bond acceptors (Lipinski definition) is 4. The maximum Gasteiger partial charge on any atom is 0.407 e. The molecule has 6 nitrogen and oxygen atoms in total. The topological polar surface area (TPSA) is 108 Å². The molecule has 0 heterocycles. The van der Waals surface area contributed by atoms with Crippen LogP contribution in [-0.2, 0) is 9.59 Å². The van der Waals surface area contributed by atoms with Gasteiger partial charge in [0.05, 0.1) is 18.0 Å². The van der Waals surface area contributed by atoms with E-state index in [9.17, 15) is 32.4 Å². The van der Waals surface area contributed by atoms with Crippen LogP contribution < -0.4 is 16.4 Å². The zero-order valence-electron chi connectivity index (χ0n) is 21.1. The second-order valence-electron chi connectivity index (χ2n) is 10.3. The minimum atomic E-state index is -4.81. The molecule has 38 heavy (non-hydrogen) atoms. The fourth-order valence-corrected chi connectivity index (χ4v) is 4.69. The molecule has 1 aliphatic rings. The van der Waals surface area contributed by atoms with Crippen molar-refractivity contribution in [1.82, 2.24) is 10.6 Å². The minimum absolute atomic E-state index is 0.178. The standard InChI is InChI=1S/C27H29BrF4N4O2/c1-15(23(34)37)16-4-6-17(7-5-16)19-9-8-18(12-20(19)28)22(27(30,31)32)35-21(13-25(2,3)29)24(38)36-26(14-33)10-11-26/h4-9,12,15,21-22,35H,10-11,13H2,1-3H3,(H2,34,37)(H,36,38)/t15-,21-,22-/m0/s1. The molecule has 1 aliphatic carbocycles. The molecule has 2 amide bonds. The molecule has 204 valence electrons. The lowest BCUT2D eigenvalue weighted by Crippen LogP contribution is -2.53. The number of hydrogen-bond donors (Lipinski definition) is 3. The molecule has 0 radical (unpaired) electrons. The van der Waals surface area contributed by atoms with Gasteiger partial charge in [-0.15, -0.1) is 0 Å². The van der Waals surface area contributed by atoms with Crippen LogP contribution in [0.3, 0.4) is 0 Å². The van der Waals surface area contributed by atoms with E-state index in [2.05, 4.69) is 26.6 Å². The highest BCUT2D eigenvalue weighted by Crippen LogP contribution is 2.39. The summed E-state index contributed by atoms with van der Waals surface area (Å²) in [7, 11) is 0. The molecule has 0 aliphatic heterocycles.